The molecule has 0 aliphatic carbocycles. The lowest BCUT2D eigenvalue weighted by Crippen LogP contribution is -2.09. The third-order valence-electron chi connectivity index (χ3n) is 5.47. The Morgan fingerprint density at radius 1 is 0.711 bits per heavy atom. The highest BCUT2D eigenvalue weighted by Crippen LogP contribution is 2.38. The van der Waals surface area contributed by atoms with Crippen molar-refractivity contribution in [1.29, 1.82) is 0 Å². The number of nitro benzene ring substituents is 1. The Hall–Kier alpha value is -4.99. The van der Waals surface area contributed by atoms with E-state index >= 15 is 0 Å². The van der Waals surface area contributed by atoms with Crippen LogP contribution in [0.2, 0.25) is 0 Å². The highest BCUT2D eigenvalue weighted by molar-refractivity contribution is 6.03. The van der Waals surface area contributed by atoms with E-state index in [-0.39, 0.29) is 11.4 Å². The van der Waals surface area contributed by atoms with E-state index in [1.807, 2.05) is 30.4 Å². The third kappa shape index (κ3) is 6.61. The number of nitro groups is 1. The summed E-state index contributed by atoms with van der Waals surface area (Å²) >= 11 is 0. The number of methoxy groups -OCH3 is 5. The smallest absolute Gasteiger partial charge is 0.310 e. The molecule has 3 aromatic rings. The molecular weight excluding hydrogens is 492 g/mol. The van der Waals surface area contributed by atoms with Crippen LogP contribution in [0.1, 0.15) is 16.7 Å². The van der Waals surface area contributed by atoms with E-state index in [4.69, 9.17) is 23.7 Å². The molecule has 10 heteroatoms. The van der Waals surface area contributed by atoms with Crippen LogP contribution in [0.25, 0.3) is 18.2 Å². The molecule has 0 fully saturated rings. The van der Waals surface area contributed by atoms with Crippen molar-refractivity contribution in [3.05, 3.63) is 81.4 Å². The van der Waals surface area contributed by atoms with Crippen LogP contribution < -0.4 is 29.0 Å². The fourth-order valence-electron chi connectivity index (χ4n) is 3.60. The predicted molar refractivity (Wildman–Crippen MR) is 145 cm³/mol. The van der Waals surface area contributed by atoms with Crippen molar-refractivity contribution in [2.75, 3.05) is 40.9 Å². The number of nitrogens with one attached hydrogen (secondary N) is 1. The van der Waals surface area contributed by atoms with Crippen LogP contribution in [-0.4, -0.2) is 46.4 Å². The Balaban J connectivity index is 1.75. The molecule has 38 heavy (non-hydrogen) atoms. The van der Waals surface area contributed by atoms with E-state index in [2.05, 4.69) is 5.32 Å². The number of amides is 1. The summed E-state index contributed by atoms with van der Waals surface area (Å²) in [5, 5.41) is 13.8. The summed E-state index contributed by atoms with van der Waals surface area (Å²) in [6.07, 6.45) is 6.62. The van der Waals surface area contributed by atoms with Gasteiger partial charge in [-0.25, -0.2) is 0 Å². The Bertz CT molecular complexity index is 1360. The van der Waals surface area contributed by atoms with Gasteiger partial charge in [-0.1, -0.05) is 18.2 Å². The lowest BCUT2D eigenvalue weighted by molar-refractivity contribution is -0.385. The Morgan fingerprint density at radius 3 is 1.82 bits per heavy atom. The molecule has 1 N–H and O–H groups in total. The second-order valence-corrected chi connectivity index (χ2v) is 7.76. The molecule has 0 radical (unpaired) electrons. The molecule has 0 saturated heterocycles. The van der Waals surface area contributed by atoms with Gasteiger partial charge in [-0.15, -0.1) is 0 Å². The molecule has 3 rings (SSSR count). The second-order valence-electron chi connectivity index (χ2n) is 7.76. The molecule has 0 spiro atoms. The van der Waals surface area contributed by atoms with Crippen molar-refractivity contribution in [1.82, 2.24) is 0 Å². The number of rotatable bonds is 11. The van der Waals surface area contributed by atoms with Gasteiger partial charge in [0.1, 0.15) is 5.75 Å². The van der Waals surface area contributed by atoms with Crippen molar-refractivity contribution in [3.8, 4) is 28.7 Å². The number of benzene rings is 3. The molecule has 10 nitrogen and oxygen atoms in total. The first kappa shape index (κ1) is 27.6. The van der Waals surface area contributed by atoms with Crippen molar-refractivity contribution < 1.29 is 33.4 Å². The third-order valence-corrected chi connectivity index (χ3v) is 5.47. The summed E-state index contributed by atoms with van der Waals surface area (Å²) < 4.78 is 26.7. The Morgan fingerprint density at radius 2 is 1.24 bits per heavy atom. The quantitative estimate of drug-likeness (QED) is 0.153. The Labute approximate surface area is 220 Å². The minimum atomic E-state index is -0.533. The monoisotopic (exact) mass is 520 g/mol. The van der Waals surface area contributed by atoms with E-state index in [9.17, 15) is 14.9 Å². The topological polar surface area (TPSA) is 118 Å². The molecule has 1 amide bonds. The second kappa shape index (κ2) is 12.8. The standard InChI is InChI=1S/C28H28N2O8/c1-34-23-14-18(6-7-20-16-25(36-3)28(38-5)26(17-20)37-4)8-11-21(23)29-27(31)13-10-19-9-12-22(30(32)33)24(15-19)35-2/h6-17H,1-5H3,(H,29,31)/b7-6+,13-10+. The van der Waals surface area contributed by atoms with E-state index in [1.54, 1.807) is 33.5 Å². The molecule has 0 unspecified atom stereocenters. The zero-order valence-electron chi connectivity index (χ0n) is 21.6. The van der Waals surface area contributed by atoms with Crippen molar-refractivity contribution in [3.63, 3.8) is 0 Å². The molecule has 0 saturated carbocycles. The molecular formula is C28H28N2O8. The molecule has 0 aliphatic heterocycles. The summed E-state index contributed by atoms with van der Waals surface area (Å²) in [5.41, 5.74) is 2.57. The molecule has 0 atom stereocenters. The predicted octanol–water partition coefficient (Wildman–Crippen LogP) is 5.46. The maximum atomic E-state index is 12.5. The van der Waals surface area contributed by atoms with E-state index < -0.39 is 10.8 Å². The first-order valence-corrected chi connectivity index (χ1v) is 11.3. The summed E-state index contributed by atoms with van der Waals surface area (Å²) in [6.45, 7) is 0. The summed E-state index contributed by atoms with van der Waals surface area (Å²) in [5.74, 6) is 1.77. The SMILES string of the molecule is COc1cc(/C=C/c2cc(OC)c(OC)c(OC)c2)ccc1NC(=O)/C=C/c1ccc([N+](=O)[O-])c(OC)c1. The molecule has 0 bridgehead atoms. The highest BCUT2D eigenvalue weighted by atomic mass is 16.6. The molecule has 0 aliphatic rings. The summed E-state index contributed by atoms with van der Waals surface area (Å²) in [7, 11) is 7.52. The average molecular weight is 521 g/mol. The molecule has 198 valence electrons. The molecule has 3 aromatic carbocycles. The molecule has 0 aromatic heterocycles. The van der Waals surface area contributed by atoms with Gasteiger partial charge in [-0.2, -0.15) is 0 Å². The van der Waals surface area contributed by atoms with Crippen LogP contribution in [0.3, 0.4) is 0 Å². The van der Waals surface area contributed by atoms with Gasteiger partial charge >= 0.3 is 5.69 Å². The largest absolute Gasteiger partial charge is 0.495 e. The van der Waals surface area contributed by atoms with Crippen LogP contribution in [0.4, 0.5) is 11.4 Å². The number of hydrogen-bond donors (Lipinski definition) is 1. The highest BCUT2D eigenvalue weighted by Gasteiger charge is 2.14. The van der Waals surface area contributed by atoms with E-state index in [0.29, 0.717) is 34.2 Å². The number of anilines is 1. The maximum absolute atomic E-state index is 12.5. The van der Waals surface area contributed by atoms with Gasteiger partial charge in [0.2, 0.25) is 11.7 Å². The maximum Gasteiger partial charge on any atom is 0.310 e. The summed E-state index contributed by atoms with van der Waals surface area (Å²) in [6, 6.07) is 13.3. The van der Waals surface area contributed by atoms with Crippen molar-refractivity contribution >= 4 is 35.5 Å². The van der Waals surface area contributed by atoms with Crippen LogP contribution in [0, 0.1) is 10.1 Å². The zero-order chi connectivity index (χ0) is 27.7. The van der Waals surface area contributed by atoms with Crippen LogP contribution in [-0.2, 0) is 4.79 Å². The lowest BCUT2D eigenvalue weighted by atomic mass is 10.1. The van der Waals surface area contributed by atoms with Gasteiger partial charge < -0.3 is 29.0 Å². The van der Waals surface area contributed by atoms with Crippen molar-refractivity contribution in [2.45, 2.75) is 0 Å². The number of ether oxygens (including phenoxy) is 5. The number of nitrogens with zero attached hydrogens (tertiary/aromatic N) is 1. The minimum Gasteiger partial charge on any atom is -0.495 e. The lowest BCUT2D eigenvalue weighted by Gasteiger charge is -2.13. The molecule has 0 heterocycles. The van der Waals surface area contributed by atoms with E-state index in [1.165, 1.54) is 44.6 Å². The summed E-state index contributed by atoms with van der Waals surface area (Å²) in [4.78, 5) is 23.0. The van der Waals surface area contributed by atoms with Gasteiger partial charge in [0.05, 0.1) is 46.2 Å². The van der Waals surface area contributed by atoms with E-state index in [0.717, 1.165) is 11.1 Å². The van der Waals surface area contributed by atoms with Crippen molar-refractivity contribution in [2.24, 2.45) is 0 Å². The first-order valence-electron chi connectivity index (χ1n) is 11.3. The van der Waals surface area contributed by atoms with Gasteiger partial charge in [0.25, 0.3) is 0 Å². The minimum absolute atomic E-state index is 0.106. The Kier molecular flexibility index (Phi) is 9.31. The van der Waals surface area contributed by atoms with Gasteiger partial charge in [0.15, 0.2) is 17.2 Å². The normalized spacial score (nSPS) is 10.9. The fourth-order valence-corrected chi connectivity index (χ4v) is 3.60. The number of hydrogen-bond acceptors (Lipinski definition) is 8. The van der Waals surface area contributed by atoms with Gasteiger partial charge in [0, 0.05) is 12.1 Å². The van der Waals surface area contributed by atoms with Gasteiger partial charge in [-0.05, 0) is 59.2 Å². The van der Waals surface area contributed by atoms with Crippen LogP contribution in [0.15, 0.2) is 54.6 Å². The average Bonchev–Trinajstić information content (AvgIpc) is 2.94. The van der Waals surface area contributed by atoms with Crippen LogP contribution in [0.5, 0.6) is 28.7 Å². The van der Waals surface area contributed by atoms with Gasteiger partial charge in [-0.3, -0.25) is 14.9 Å². The fraction of sp³-hybridized carbons (Fsp3) is 0.179. The van der Waals surface area contributed by atoms with Crippen LogP contribution >= 0.6 is 0 Å². The first-order chi connectivity index (χ1) is 18.3. The number of carbonyl (C=O) groups excluding carboxylic acids is 1. The number of carbonyl (C=O) groups is 1. The zero-order valence-corrected chi connectivity index (χ0v) is 21.6.